The summed E-state index contributed by atoms with van der Waals surface area (Å²) in [6.07, 6.45) is -1.43. The van der Waals surface area contributed by atoms with E-state index >= 15 is 0 Å². The number of fused-ring (bicyclic) bond motifs is 1. The van der Waals surface area contributed by atoms with Crippen LogP contribution in [0.3, 0.4) is 0 Å². The van der Waals surface area contributed by atoms with E-state index in [0.29, 0.717) is 0 Å². The maximum absolute atomic E-state index is 12.5. The molecule has 0 aromatic carbocycles. The molecule has 2 fully saturated rings. The van der Waals surface area contributed by atoms with E-state index < -0.39 is 43.0 Å². The lowest BCUT2D eigenvalue weighted by atomic mass is 9.93. The molecule has 24 heavy (non-hydrogen) atoms. The van der Waals surface area contributed by atoms with Gasteiger partial charge in [0.2, 0.25) is 0 Å². The van der Waals surface area contributed by atoms with Crippen molar-refractivity contribution in [2.75, 3.05) is 6.61 Å². The molecule has 0 amide bonds. The number of hydrogen-bond donors (Lipinski definition) is 2. The molecule has 3 rings (SSSR count). The van der Waals surface area contributed by atoms with Crippen molar-refractivity contribution in [2.24, 2.45) is 5.73 Å². The van der Waals surface area contributed by atoms with Gasteiger partial charge in [-0.3, -0.25) is 27.9 Å². The first-order valence-corrected chi connectivity index (χ1v) is 8.95. The summed E-state index contributed by atoms with van der Waals surface area (Å²) < 4.78 is 35.4. The van der Waals surface area contributed by atoms with Crippen LogP contribution in [0, 0.1) is 0 Å². The number of ether oxygens (including phenoxy) is 1. The summed E-state index contributed by atoms with van der Waals surface area (Å²) in [4.78, 5) is 25.4. The summed E-state index contributed by atoms with van der Waals surface area (Å²) >= 11 is 0. The van der Waals surface area contributed by atoms with Crippen LogP contribution in [0.15, 0.2) is 21.9 Å². The number of nitrogens with zero attached hydrogens (tertiary/aromatic N) is 1. The fourth-order valence-corrected chi connectivity index (χ4v) is 4.52. The highest BCUT2D eigenvalue weighted by Gasteiger charge is 2.59. The molecule has 2 saturated heterocycles. The average molecular weight is 361 g/mol. The van der Waals surface area contributed by atoms with Gasteiger partial charge in [0.15, 0.2) is 6.23 Å². The van der Waals surface area contributed by atoms with E-state index in [9.17, 15) is 14.2 Å². The minimum Gasteiger partial charge on any atom is -0.347 e. The van der Waals surface area contributed by atoms with E-state index in [0.717, 1.165) is 4.57 Å². The van der Waals surface area contributed by atoms with Gasteiger partial charge in [-0.25, -0.2) is 9.36 Å². The second-order valence-electron chi connectivity index (χ2n) is 6.33. The van der Waals surface area contributed by atoms with Crippen LogP contribution in [0.4, 0.5) is 0 Å². The van der Waals surface area contributed by atoms with Gasteiger partial charge in [-0.15, -0.1) is 0 Å². The lowest BCUT2D eigenvalue weighted by molar-refractivity contribution is -0.0749. The van der Waals surface area contributed by atoms with Crippen LogP contribution >= 0.6 is 7.82 Å². The van der Waals surface area contributed by atoms with Crippen molar-refractivity contribution in [1.29, 1.82) is 0 Å². The average Bonchev–Trinajstić information content (AvgIpc) is 2.69. The van der Waals surface area contributed by atoms with Gasteiger partial charge >= 0.3 is 13.5 Å². The first kappa shape index (κ1) is 17.5. The zero-order valence-electron chi connectivity index (χ0n) is 13.5. The smallest absolute Gasteiger partial charge is 0.347 e. The number of nitrogens with two attached hydrogens (primary N) is 1. The zero-order valence-corrected chi connectivity index (χ0v) is 14.4. The van der Waals surface area contributed by atoms with Gasteiger partial charge in [-0.1, -0.05) is 0 Å². The highest BCUT2D eigenvalue weighted by molar-refractivity contribution is 7.48. The number of aromatic amines is 1. The Bertz CT molecular complexity index is 786. The van der Waals surface area contributed by atoms with E-state index in [-0.39, 0.29) is 12.7 Å². The Morgan fingerprint density at radius 2 is 2.21 bits per heavy atom. The standard InChI is InChI=1S/C13H20N3O7P/c1-7(2)22-24(19)20-6-8-10(23-24)13(3,14)11(21-8)16-5-4-9(17)15-12(16)18/h4-5,7-8,10-11H,6,14H2,1-3H3,(H,15,17,18)/t8-,10?,11-,13-,24-/m1/s1. The number of rotatable bonds is 3. The van der Waals surface area contributed by atoms with Gasteiger partial charge in [0.05, 0.1) is 18.2 Å². The summed E-state index contributed by atoms with van der Waals surface area (Å²) in [5.74, 6) is 0. The van der Waals surface area contributed by atoms with E-state index in [1.54, 1.807) is 20.8 Å². The molecule has 5 atom stereocenters. The lowest BCUT2D eigenvalue weighted by Crippen LogP contribution is -2.55. The fraction of sp³-hybridized carbons (Fsp3) is 0.692. The summed E-state index contributed by atoms with van der Waals surface area (Å²) in [5.41, 5.74) is 3.94. The van der Waals surface area contributed by atoms with Crippen LogP contribution in [-0.4, -0.2) is 40.0 Å². The molecule has 0 bridgehead atoms. The van der Waals surface area contributed by atoms with Crippen molar-refractivity contribution in [2.45, 2.75) is 50.8 Å². The Kier molecular flexibility index (Phi) is 4.31. The number of hydrogen-bond acceptors (Lipinski definition) is 8. The van der Waals surface area contributed by atoms with Gasteiger partial charge < -0.3 is 10.5 Å². The molecule has 3 N–H and O–H groups in total. The van der Waals surface area contributed by atoms with E-state index in [4.69, 9.17) is 24.0 Å². The predicted molar refractivity (Wildman–Crippen MR) is 82.5 cm³/mol. The summed E-state index contributed by atoms with van der Waals surface area (Å²) in [5, 5.41) is 0. The number of phosphoric ester groups is 1. The van der Waals surface area contributed by atoms with Gasteiger partial charge in [0.25, 0.3) is 5.56 Å². The highest BCUT2D eigenvalue weighted by atomic mass is 31.2. The summed E-state index contributed by atoms with van der Waals surface area (Å²) in [6, 6.07) is 1.19. The Morgan fingerprint density at radius 1 is 1.50 bits per heavy atom. The number of H-pyrrole nitrogens is 1. The molecular formula is C13H20N3O7P. The normalized spacial score (nSPS) is 39.1. The monoisotopic (exact) mass is 361 g/mol. The minimum absolute atomic E-state index is 0.0456. The highest BCUT2D eigenvalue weighted by Crippen LogP contribution is 2.58. The van der Waals surface area contributed by atoms with Crippen LogP contribution in [0.1, 0.15) is 27.0 Å². The minimum atomic E-state index is -3.76. The third-order valence-corrected chi connectivity index (χ3v) is 5.50. The molecule has 10 nitrogen and oxygen atoms in total. The quantitative estimate of drug-likeness (QED) is 0.724. The van der Waals surface area contributed by atoms with Crippen molar-refractivity contribution in [3.8, 4) is 0 Å². The van der Waals surface area contributed by atoms with E-state index in [2.05, 4.69) is 4.98 Å². The largest absolute Gasteiger partial charge is 0.475 e. The van der Waals surface area contributed by atoms with Crippen LogP contribution in [0.2, 0.25) is 0 Å². The fourth-order valence-electron chi connectivity index (χ4n) is 2.86. The van der Waals surface area contributed by atoms with Crippen LogP contribution < -0.4 is 17.0 Å². The van der Waals surface area contributed by atoms with E-state index in [1.807, 2.05) is 0 Å². The molecule has 2 aliphatic rings. The molecule has 11 heteroatoms. The third-order valence-electron chi connectivity index (χ3n) is 3.87. The molecule has 0 spiro atoms. The van der Waals surface area contributed by atoms with Crippen molar-refractivity contribution in [3.05, 3.63) is 33.1 Å². The van der Waals surface area contributed by atoms with Gasteiger partial charge in [-0.2, -0.15) is 0 Å². The SMILES string of the molecule is CC(C)O[P@@]1(=O)OC[C@H]2O[C@@H](n3ccc(=O)[nH]c3=O)[C@](C)(N)C2O1. The zero-order chi connectivity index (χ0) is 17.7. The molecule has 0 saturated carbocycles. The lowest BCUT2D eigenvalue weighted by Gasteiger charge is -2.36. The maximum atomic E-state index is 12.5. The van der Waals surface area contributed by atoms with Crippen LogP contribution in [0.5, 0.6) is 0 Å². The predicted octanol–water partition coefficient (Wildman–Crippen LogP) is 0.0999. The molecule has 0 aliphatic carbocycles. The molecule has 1 aromatic rings. The van der Waals surface area contributed by atoms with Gasteiger partial charge in [-0.05, 0) is 20.8 Å². The second kappa shape index (κ2) is 5.91. The molecule has 0 radical (unpaired) electrons. The Balaban J connectivity index is 1.91. The molecule has 1 aromatic heterocycles. The number of phosphoric acid groups is 1. The Labute approximate surface area is 137 Å². The van der Waals surface area contributed by atoms with Crippen molar-refractivity contribution in [1.82, 2.24) is 9.55 Å². The Hall–Kier alpha value is -1.29. The van der Waals surface area contributed by atoms with Crippen LogP contribution in [0.25, 0.3) is 0 Å². The molecule has 1 unspecified atom stereocenters. The first-order valence-electron chi connectivity index (χ1n) is 7.49. The van der Waals surface area contributed by atoms with Crippen molar-refractivity contribution in [3.63, 3.8) is 0 Å². The number of aromatic nitrogens is 2. The molecule has 134 valence electrons. The molecular weight excluding hydrogens is 341 g/mol. The maximum Gasteiger partial charge on any atom is 0.475 e. The van der Waals surface area contributed by atoms with Gasteiger partial charge in [0.1, 0.15) is 12.2 Å². The summed E-state index contributed by atoms with van der Waals surface area (Å²) in [6.45, 7) is 4.98. The topological polar surface area (TPSA) is 135 Å². The van der Waals surface area contributed by atoms with Gasteiger partial charge in [0, 0.05) is 12.3 Å². The third kappa shape index (κ3) is 3.01. The van der Waals surface area contributed by atoms with E-state index in [1.165, 1.54) is 12.3 Å². The summed E-state index contributed by atoms with van der Waals surface area (Å²) in [7, 11) is -3.76. The van der Waals surface area contributed by atoms with Crippen LogP contribution in [-0.2, 0) is 22.9 Å². The van der Waals surface area contributed by atoms with Crippen molar-refractivity contribution >= 4 is 7.82 Å². The Morgan fingerprint density at radius 3 is 2.83 bits per heavy atom. The molecule has 3 heterocycles. The number of nitrogens with one attached hydrogen (secondary N) is 1. The second-order valence-corrected chi connectivity index (χ2v) is 7.91. The van der Waals surface area contributed by atoms with Crippen molar-refractivity contribution < 1.29 is 22.9 Å². The molecule has 2 aliphatic heterocycles. The first-order chi connectivity index (χ1) is 11.1.